The number of fused-ring (bicyclic) bond motifs is 1. The number of aromatic nitrogens is 3. The minimum atomic E-state index is -0.360. The fourth-order valence-electron chi connectivity index (χ4n) is 2.68. The Morgan fingerprint density at radius 3 is 3.00 bits per heavy atom. The van der Waals surface area contributed by atoms with Crippen LogP contribution < -0.4 is 5.32 Å². The fourth-order valence-corrected chi connectivity index (χ4v) is 2.68. The first-order valence-corrected chi connectivity index (χ1v) is 6.90. The van der Waals surface area contributed by atoms with E-state index in [0.717, 1.165) is 10.8 Å². The zero-order valence-electron chi connectivity index (χ0n) is 11.2. The van der Waals surface area contributed by atoms with E-state index in [2.05, 4.69) is 20.4 Å². The smallest absolute Gasteiger partial charge is 0.244 e. The second-order valence-corrected chi connectivity index (χ2v) is 5.19. The van der Waals surface area contributed by atoms with Crippen molar-refractivity contribution in [3.8, 4) is 11.5 Å². The van der Waals surface area contributed by atoms with Crippen molar-refractivity contribution in [2.75, 3.05) is 6.54 Å². The molecule has 4 rings (SSSR count). The van der Waals surface area contributed by atoms with Gasteiger partial charge in [-0.2, -0.15) is 4.98 Å². The zero-order valence-corrected chi connectivity index (χ0v) is 11.2. The molecule has 3 aromatic rings. The first-order chi connectivity index (χ1) is 10.3. The van der Waals surface area contributed by atoms with Crippen molar-refractivity contribution < 1.29 is 9.63 Å². The summed E-state index contributed by atoms with van der Waals surface area (Å²) in [6, 6.07) is 9.83. The predicted molar refractivity (Wildman–Crippen MR) is 76.4 cm³/mol. The lowest BCUT2D eigenvalue weighted by Gasteiger charge is -2.02. The molecule has 1 aliphatic rings. The summed E-state index contributed by atoms with van der Waals surface area (Å²) in [5, 5.41) is 18.8. The van der Waals surface area contributed by atoms with Gasteiger partial charge in [0.05, 0.1) is 12.1 Å². The van der Waals surface area contributed by atoms with Crippen molar-refractivity contribution in [1.82, 2.24) is 20.4 Å². The summed E-state index contributed by atoms with van der Waals surface area (Å²) in [7, 11) is 0. The van der Waals surface area contributed by atoms with E-state index in [4.69, 9.17) is 4.52 Å². The van der Waals surface area contributed by atoms with Gasteiger partial charge in [-0.15, -0.1) is 0 Å². The van der Waals surface area contributed by atoms with E-state index in [-0.39, 0.29) is 12.1 Å². The highest BCUT2D eigenvalue weighted by atomic mass is 16.5. The number of β-amino-alcohol motifs (C(OH)–C–C–N with tert-alkyl or cyclic N) is 1. The van der Waals surface area contributed by atoms with Crippen LogP contribution in [0, 0.1) is 0 Å². The maximum atomic E-state index is 9.56. The summed E-state index contributed by atoms with van der Waals surface area (Å²) < 4.78 is 5.33. The van der Waals surface area contributed by atoms with Crippen molar-refractivity contribution in [1.29, 1.82) is 0 Å². The molecule has 106 valence electrons. The monoisotopic (exact) mass is 282 g/mol. The first kappa shape index (κ1) is 12.4. The summed E-state index contributed by atoms with van der Waals surface area (Å²) in [5.74, 6) is 0.973. The van der Waals surface area contributed by atoms with E-state index in [1.54, 1.807) is 6.20 Å². The van der Waals surface area contributed by atoms with Gasteiger partial charge in [-0.25, -0.2) is 0 Å². The molecular formula is C15H14N4O2. The average Bonchev–Trinajstić information content (AvgIpc) is 3.15. The first-order valence-electron chi connectivity index (χ1n) is 6.90. The van der Waals surface area contributed by atoms with Gasteiger partial charge in [-0.1, -0.05) is 29.4 Å². The molecule has 21 heavy (non-hydrogen) atoms. The molecule has 0 saturated carbocycles. The molecule has 2 atom stereocenters. The molecule has 6 heteroatoms. The van der Waals surface area contributed by atoms with Crippen molar-refractivity contribution in [2.24, 2.45) is 0 Å². The molecule has 0 amide bonds. The summed E-state index contributed by atoms with van der Waals surface area (Å²) in [6.45, 7) is 0.550. The Morgan fingerprint density at radius 2 is 2.14 bits per heavy atom. The van der Waals surface area contributed by atoms with Gasteiger partial charge in [0.2, 0.25) is 11.7 Å². The lowest BCUT2D eigenvalue weighted by Crippen LogP contribution is -2.15. The fraction of sp³-hybridized carbons (Fsp3) is 0.267. The minimum Gasteiger partial charge on any atom is -0.392 e. The molecule has 1 aliphatic heterocycles. The van der Waals surface area contributed by atoms with Crippen molar-refractivity contribution in [3.05, 3.63) is 42.4 Å². The van der Waals surface area contributed by atoms with Gasteiger partial charge < -0.3 is 14.9 Å². The molecule has 1 saturated heterocycles. The minimum absolute atomic E-state index is 0.0868. The molecule has 2 aromatic heterocycles. The summed E-state index contributed by atoms with van der Waals surface area (Å²) in [4.78, 5) is 8.81. The number of benzene rings is 1. The van der Waals surface area contributed by atoms with Crippen LogP contribution in [0.3, 0.4) is 0 Å². The number of hydrogen-bond acceptors (Lipinski definition) is 6. The highest BCUT2D eigenvalue weighted by Gasteiger charge is 2.28. The quantitative estimate of drug-likeness (QED) is 0.744. The zero-order chi connectivity index (χ0) is 14.2. The molecule has 2 N–H and O–H groups in total. The van der Waals surface area contributed by atoms with E-state index in [1.807, 2.05) is 30.3 Å². The lowest BCUT2D eigenvalue weighted by atomic mass is 10.1. The SMILES string of the molecule is O[C@H]1CN[C@H](c2nc(-c3nccc4ccccc34)no2)C1. The predicted octanol–water partition coefficient (Wildman–Crippen LogP) is 1.68. The second-order valence-electron chi connectivity index (χ2n) is 5.19. The average molecular weight is 282 g/mol. The Labute approximate surface area is 120 Å². The standard InChI is InChI=1S/C15H14N4O2/c20-10-7-12(17-8-10)15-18-14(19-21-15)13-11-4-2-1-3-9(11)5-6-16-13/h1-6,10,12,17,20H,7-8H2/t10-,12+/m1/s1. The number of hydrogen-bond donors (Lipinski definition) is 2. The number of aliphatic hydroxyl groups is 1. The van der Waals surface area contributed by atoms with Crippen LogP contribution in [-0.2, 0) is 0 Å². The normalized spacial score (nSPS) is 22.0. The second kappa shape index (κ2) is 4.91. The number of nitrogens with one attached hydrogen (secondary N) is 1. The van der Waals surface area contributed by atoms with Gasteiger partial charge in [-0.3, -0.25) is 4.98 Å². The number of aliphatic hydroxyl groups excluding tert-OH is 1. The van der Waals surface area contributed by atoms with E-state index in [0.29, 0.717) is 30.4 Å². The van der Waals surface area contributed by atoms with E-state index in [1.165, 1.54) is 0 Å². The van der Waals surface area contributed by atoms with Gasteiger partial charge in [-0.05, 0) is 17.9 Å². The van der Waals surface area contributed by atoms with Crippen LogP contribution in [0.15, 0.2) is 41.1 Å². The summed E-state index contributed by atoms with van der Waals surface area (Å²) >= 11 is 0. The molecule has 0 aliphatic carbocycles. The maximum Gasteiger partial charge on any atom is 0.244 e. The van der Waals surface area contributed by atoms with Crippen molar-refractivity contribution in [2.45, 2.75) is 18.6 Å². The van der Waals surface area contributed by atoms with Gasteiger partial charge in [0.1, 0.15) is 5.69 Å². The van der Waals surface area contributed by atoms with Gasteiger partial charge in [0.15, 0.2) is 0 Å². The Kier molecular flexibility index (Phi) is 2.90. The van der Waals surface area contributed by atoms with Crippen LogP contribution >= 0.6 is 0 Å². The van der Waals surface area contributed by atoms with E-state index < -0.39 is 0 Å². The molecule has 1 fully saturated rings. The molecule has 0 radical (unpaired) electrons. The Bertz CT molecular complexity index is 781. The van der Waals surface area contributed by atoms with Crippen LogP contribution in [0.1, 0.15) is 18.4 Å². The van der Waals surface area contributed by atoms with Crippen molar-refractivity contribution >= 4 is 10.8 Å². The van der Waals surface area contributed by atoms with Crippen LogP contribution in [0.25, 0.3) is 22.3 Å². The molecule has 0 spiro atoms. The largest absolute Gasteiger partial charge is 0.392 e. The highest BCUT2D eigenvalue weighted by Crippen LogP contribution is 2.27. The van der Waals surface area contributed by atoms with E-state index >= 15 is 0 Å². The van der Waals surface area contributed by atoms with Crippen LogP contribution in [0.4, 0.5) is 0 Å². The lowest BCUT2D eigenvalue weighted by molar-refractivity contribution is 0.191. The van der Waals surface area contributed by atoms with Crippen LogP contribution in [0.2, 0.25) is 0 Å². The van der Waals surface area contributed by atoms with Crippen LogP contribution in [-0.4, -0.2) is 32.9 Å². The third-order valence-electron chi connectivity index (χ3n) is 3.73. The van der Waals surface area contributed by atoms with Crippen LogP contribution in [0.5, 0.6) is 0 Å². The Balaban J connectivity index is 1.74. The highest BCUT2D eigenvalue weighted by molar-refractivity contribution is 5.92. The Morgan fingerprint density at radius 1 is 1.24 bits per heavy atom. The molecular weight excluding hydrogens is 268 g/mol. The third-order valence-corrected chi connectivity index (χ3v) is 3.73. The van der Waals surface area contributed by atoms with Gasteiger partial charge in [0.25, 0.3) is 0 Å². The molecule has 0 unspecified atom stereocenters. The van der Waals surface area contributed by atoms with Crippen molar-refractivity contribution in [3.63, 3.8) is 0 Å². The van der Waals surface area contributed by atoms with E-state index in [9.17, 15) is 5.11 Å². The molecule has 6 nitrogen and oxygen atoms in total. The number of rotatable bonds is 2. The Hall–Kier alpha value is -2.31. The maximum absolute atomic E-state index is 9.56. The molecule has 3 heterocycles. The number of nitrogens with zero attached hydrogens (tertiary/aromatic N) is 3. The third kappa shape index (κ3) is 2.18. The summed E-state index contributed by atoms with van der Waals surface area (Å²) in [6.07, 6.45) is 1.97. The molecule has 0 bridgehead atoms. The van der Waals surface area contributed by atoms with Gasteiger partial charge >= 0.3 is 0 Å². The number of pyridine rings is 1. The topological polar surface area (TPSA) is 84.1 Å². The van der Waals surface area contributed by atoms with Gasteiger partial charge in [0, 0.05) is 18.1 Å². The molecule has 1 aromatic carbocycles. The summed E-state index contributed by atoms with van der Waals surface area (Å²) in [5.41, 5.74) is 0.710.